The van der Waals surface area contributed by atoms with Crippen LogP contribution in [0.2, 0.25) is 0 Å². The first-order chi connectivity index (χ1) is 16.4. The molecule has 0 saturated carbocycles. The summed E-state index contributed by atoms with van der Waals surface area (Å²) in [5, 5.41) is 2.68. The first-order valence-electron chi connectivity index (χ1n) is 10.2. The van der Waals surface area contributed by atoms with Crippen molar-refractivity contribution in [2.75, 3.05) is 28.1 Å². The Kier molecular flexibility index (Phi) is 6.44. The molecule has 2 heterocycles. The second-order valence-electron chi connectivity index (χ2n) is 7.30. The van der Waals surface area contributed by atoms with Crippen LogP contribution in [0.1, 0.15) is 21.5 Å². The number of carbonyl (C=O) groups is 1. The molecule has 1 aliphatic heterocycles. The van der Waals surface area contributed by atoms with Gasteiger partial charge in [0.15, 0.2) is 23.0 Å². The van der Waals surface area contributed by atoms with Crippen LogP contribution in [-0.2, 0) is 13.1 Å². The van der Waals surface area contributed by atoms with Crippen LogP contribution in [0.5, 0.6) is 28.7 Å². The van der Waals surface area contributed by atoms with Crippen LogP contribution in [0, 0.1) is 0 Å². The van der Waals surface area contributed by atoms with Gasteiger partial charge in [-0.25, -0.2) is 4.79 Å². The molecule has 34 heavy (non-hydrogen) atoms. The highest BCUT2D eigenvalue weighted by Gasteiger charge is 2.18. The van der Waals surface area contributed by atoms with Crippen LogP contribution < -0.4 is 40.3 Å². The zero-order valence-corrected chi connectivity index (χ0v) is 18.8. The Balaban J connectivity index is 1.54. The summed E-state index contributed by atoms with van der Waals surface area (Å²) in [4.78, 5) is 40.5. The molecule has 178 valence electrons. The van der Waals surface area contributed by atoms with Gasteiger partial charge in [0, 0.05) is 12.7 Å². The standard InChI is InChI=1S/C23H23N3O8/c1-30-18-7-14(8-19(31-2)20(18)32-3)9-24-21(27)15-10-25-23(29)26(22(15)28)11-13-4-5-16-17(6-13)34-12-33-16/h4-8,10H,9,11-12H2,1-3H3,(H,24,27)(H,25,29). The topological polar surface area (TPSA) is 130 Å². The fraction of sp³-hybridized carbons (Fsp3) is 0.261. The van der Waals surface area contributed by atoms with E-state index in [9.17, 15) is 14.4 Å². The van der Waals surface area contributed by atoms with E-state index in [1.807, 2.05) is 0 Å². The summed E-state index contributed by atoms with van der Waals surface area (Å²) >= 11 is 0. The molecule has 4 rings (SSSR count). The minimum Gasteiger partial charge on any atom is -0.493 e. The lowest BCUT2D eigenvalue weighted by atomic mass is 10.1. The predicted octanol–water partition coefficient (Wildman–Crippen LogP) is 1.27. The Morgan fingerprint density at radius 2 is 1.71 bits per heavy atom. The number of hydrogen-bond donors (Lipinski definition) is 2. The number of H-pyrrole nitrogens is 1. The zero-order valence-electron chi connectivity index (χ0n) is 18.8. The minimum absolute atomic E-state index is 0.0429. The molecule has 0 atom stereocenters. The fourth-order valence-corrected chi connectivity index (χ4v) is 3.55. The lowest BCUT2D eigenvalue weighted by Crippen LogP contribution is -2.40. The summed E-state index contributed by atoms with van der Waals surface area (Å²) in [6, 6.07) is 8.48. The predicted molar refractivity (Wildman–Crippen MR) is 120 cm³/mol. The molecule has 3 aromatic rings. The van der Waals surface area contributed by atoms with Crippen LogP contribution in [0.3, 0.4) is 0 Å². The van der Waals surface area contributed by atoms with Crippen molar-refractivity contribution in [3.63, 3.8) is 0 Å². The Labute approximate surface area is 193 Å². The van der Waals surface area contributed by atoms with Gasteiger partial charge in [-0.2, -0.15) is 0 Å². The number of rotatable bonds is 8. The van der Waals surface area contributed by atoms with Crippen molar-refractivity contribution >= 4 is 5.91 Å². The molecule has 0 radical (unpaired) electrons. The highest BCUT2D eigenvalue weighted by Crippen LogP contribution is 2.38. The molecule has 11 heteroatoms. The van der Waals surface area contributed by atoms with Gasteiger partial charge in [-0.3, -0.25) is 14.2 Å². The van der Waals surface area contributed by atoms with Gasteiger partial charge in [0.05, 0.1) is 27.9 Å². The number of nitrogens with one attached hydrogen (secondary N) is 2. The van der Waals surface area contributed by atoms with E-state index in [1.165, 1.54) is 21.3 Å². The number of fused-ring (bicyclic) bond motifs is 1. The van der Waals surface area contributed by atoms with Crippen molar-refractivity contribution in [1.82, 2.24) is 14.9 Å². The third-order valence-electron chi connectivity index (χ3n) is 5.26. The van der Waals surface area contributed by atoms with Crippen LogP contribution >= 0.6 is 0 Å². The van der Waals surface area contributed by atoms with Crippen LogP contribution in [-0.4, -0.2) is 43.6 Å². The Bertz CT molecular complexity index is 1320. The van der Waals surface area contributed by atoms with Crippen molar-refractivity contribution in [2.45, 2.75) is 13.1 Å². The highest BCUT2D eigenvalue weighted by atomic mass is 16.7. The van der Waals surface area contributed by atoms with Crippen molar-refractivity contribution < 1.29 is 28.5 Å². The molecule has 0 saturated heterocycles. The molecule has 1 amide bonds. The largest absolute Gasteiger partial charge is 0.493 e. The number of benzene rings is 2. The van der Waals surface area contributed by atoms with Gasteiger partial charge >= 0.3 is 5.69 Å². The molecular weight excluding hydrogens is 446 g/mol. The van der Waals surface area contributed by atoms with Crippen LogP contribution in [0.15, 0.2) is 46.1 Å². The molecule has 2 aromatic carbocycles. The number of methoxy groups -OCH3 is 3. The molecule has 0 fully saturated rings. The van der Waals surface area contributed by atoms with E-state index in [4.69, 9.17) is 23.7 Å². The summed E-state index contributed by atoms with van der Waals surface area (Å²) in [6.45, 7) is 0.149. The quantitative estimate of drug-likeness (QED) is 0.505. The van der Waals surface area contributed by atoms with E-state index in [-0.39, 0.29) is 25.4 Å². The molecule has 0 spiro atoms. The van der Waals surface area contributed by atoms with Gasteiger partial charge < -0.3 is 34.0 Å². The number of hydrogen-bond acceptors (Lipinski definition) is 8. The zero-order chi connectivity index (χ0) is 24.2. The average molecular weight is 469 g/mol. The SMILES string of the molecule is COc1cc(CNC(=O)c2c[nH]c(=O)n(Cc3ccc4c(c3)OCO4)c2=O)cc(OC)c1OC. The number of carbonyl (C=O) groups excluding carboxylic acids is 1. The monoisotopic (exact) mass is 469 g/mol. The number of aromatic nitrogens is 2. The Morgan fingerprint density at radius 3 is 2.38 bits per heavy atom. The van der Waals surface area contributed by atoms with E-state index in [0.717, 1.165) is 10.8 Å². The third kappa shape index (κ3) is 4.40. The van der Waals surface area contributed by atoms with Crippen molar-refractivity contribution in [3.05, 3.63) is 74.1 Å². The maximum Gasteiger partial charge on any atom is 0.328 e. The molecule has 11 nitrogen and oxygen atoms in total. The second-order valence-corrected chi connectivity index (χ2v) is 7.30. The van der Waals surface area contributed by atoms with Crippen molar-refractivity contribution in [2.24, 2.45) is 0 Å². The van der Waals surface area contributed by atoms with Crippen molar-refractivity contribution in [1.29, 1.82) is 0 Å². The molecule has 0 unspecified atom stereocenters. The van der Waals surface area contributed by atoms with E-state index < -0.39 is 17.2 Å². The smallest absolute Gasteiger partial charge is 0.328 e. The number of amides is 1. The number of aromatic amines is 1. The summed E-state index contributed by atoms with van der Waals surface area (Å²) in [5.74, 6) is 1.76. The lowest BCUT2D eigenvalue weighted by molar-refractivity contribution is 0.0948. The van der Waals surface area contributed by atoms with E-state index in [2.05, 4.69) is 10.3 Å². The average Bonchev–Trinajstić information content (AvgIpc) is 3.32. The van der Waals surface area contributed by atoms with E-state index in [1.54, 1.807) is 30.3 Å². The lowest BCUT2D eigenvalue weighted by Gasteiger charge is -2.14. The van der Waals surface area contributed by atoms with E-state index in [0.29, 0.717) is 39.9 Å². The van der Waals surface area contributed by atoms with Crippen LogP contribution in [0.25, 0.3) is 0 Å². The third-order valence-corrected chi connectivity index (χ3v) is 5.26. The van der Waals surface area contributed by atoms with Gasteiger partial charge in [0.2, 0.25) is 12.5 Å². The van der Waals surface area contributed by atoms with Gasteiger partial charge in [-0.15, -0.1) is 0 Å². The van der Waals surface area contributed by atoms with E-state index >= 15 is 0 Å². The van der Waals surface area contributed by atoms with Gasteiger partial charge in [0.1, 0.15) is 5.56 Å². The summed E-state index contributed by atoms with van der Waals surface area (Å²) in [7, 11) is 4.47. The van der Waals surface area contributed by atoms with Gasteiger partial charge in [0.25, 0.3) is 11.5 Å². The maximum absolute atomic E-state index is 12.9. The molecule has 2 N–H and O–H groups in total. The first kappa shape index (κ1) is 22.8. The molecular formula is C23H23N3O8. The molecule has 0 aliphatic carbocycles. The maximum atomic E-state index is 12.9. The molecule has 1 aliphatic rings. The van der Waals surface area contributed by atoms with Crippen LogP contribution in [0.4, 0.5) is 0 Å². The highest BCUT2D eigenvalue weighted by molar-refractivity contribution is 5.93. The number of nitrogens with zero attached hydrogens (tertiary/aromatic N) is 1. The Hall–Kier alpha value is -4.41. The summed E-state index contributed by atoms with van der Waals surface area (Å²) < 4.78 is 27.5. The molecule has 1 aromatic heterocycles. The van der Waals surface area contributed by atoms with Crippen molar-refractivity contribution in [3.8, 4) is 28.7 Å². The van der Waals surface area contributed by atoms with Gasteiger partial charge in [-0.05, 0) is 35.4 Å². The molecule has 0 bridgehead atoms. The second kappa shape index (κ2) is 9.61. The normalized spacial score (nSPS) is 11.7. The summed E-state index contributed by atoms with van der Waals surface area (Å²) in [6.07, 6.45) is 1.10. The first-order valence-corrected chi connectivity index (χ1v) is 10.2. The fourth-order valence-electron chi connectivity index (χ4n) is 3.55. The Morgan fingerprint density at radius 1 is 1.00 bits per heavy atom. The van der Waals surface area contributed by atoms with Gasteiger partial charge in [-0.1, -0.05) is 6.07 Å². The minimum atomic E-state index is -0.719. The number of ether oxygens (including phenoxy) is 5. The summed E-state index contributed by atoms with van der Waals surface area (Å²) in [5.41, 5.74) is -0.250.